The molecule has 1 fully saturated rings. The molecule has 1 aromatic rings. The average molecular weight is 551 g/mol. The molecule has 0 radical (unpaired) electrons. The number of hydrogen-bond acceptors (Lipinski definition) is 5. The van der Waals surface area contributed by atoms with Gasteiger partial charge < -0.3 is 25.0 Å². The van der Waals surface area contributed by atoms with Gasteiger partial charge in [-0.1, -0.05) is 6.07 Å². The van der Waals surface area contributed by atoms with Crippen LogP contribution in [0.4, 0.5) is 4.39 Å². The Morgan fingerprint density at radius 1 is 1.29 bits per heavy atom. The summed E-state index contributed by atoms with van der Waals surface area (Å²) in [6.07, 6.45) is 1.87. The van der Waals surface area contributed by atoms with Gasteiger partial charge in [0, 0.05) is 53.4 Å². The van der Waals surface area contributed by atoms with Gasteiger partial charge in [0.05, 0.1) is 13.7 Å². The van der Waals surface area contributed by atoms with Crippen LogP contribution >= 0.6 is 24.0 Å². The van der Waals surface area contributed by atoms with Crippen LogP contribution in [-0.4, -0.2) is 88.8 Å². The van der Waals surface area contributed by atoms with Crippen molar-refractivity contribution in [1.82, 2.24) is 20.4 Å². The summed E-state index contributed by atoms with van der Waals surface area (Å²) >= 11 is 0. The van der Waals surface area contributed by atoms with Crippen LogP contribution < -0.4 is 15.4 Å². The number of benzene rings is 1. The van der Waals surface area contributed by atoms with Gasteiger partial charge in [0.1, 0.15) is 6.54 Å². The van der Waals surface area contributed by atoms with E-state index in [2.05, 4.69) is 20.5 Å². The van der Waals surface area contributed by atoms with Crippen LogP contribution in [-0.2, 0) is 16.1 Å². The number of likely N-dealkylation sites (tertiary alicyclic amines) is 1. The van der Waals surface area contributed by atoms with E-state index in [1.807, 2.05) is 6.07 Å². The molecule has 31 heavy (non-hydrogen) atoms. The fraction of sp³-hybridized carbons (Fsp3) is 0.619. The Morgan fingerprint density at radius 2 is 2.00 bits per heavy atom. The Balaban J connectivity index is 0.00000480. The van der Waals surface area contributed by atoms with Crippen molar-refractivity contribution in [3.63, 3.8) is 0 Å². The van der Waals surface area contributed by atoms with E-state index in [4.69, 9.17) is 9.47 Å². The van der Waals surface area contributed by atoms with Gasteiger partial charge in [-0.3, -0.25) is 9.69 Å². The fourth-order valence-corrected chi connectivity index (χ4v) is 3.21. The molecule has 0 saturated carbocycles. The monoisotopic (exact) mass is 551 g/mol. The molecule has 0 spiro atoms. The SMILES string of the molecule is COCCNC(=NCC(=O)N(C)C)NC1CCN(Cc2ccc(OC)c(F)c2)CC1.I. The highest BCUT2D eigenvalue weighted by Crippen LogP contribution is 2.20. The molecule has 1 aliphatic heterocycles. The molecule has 0 bridgehead atoms. The van der Waals surface area contributed by atoms with Gasteiger partial charge in [0.25, 0.3) is 0 Å². The predicted octanol–water partition coefficient (Wildman–Crippen LogP) is 1.69. The Bertz CT molecular complexity index is 712. The number of aliphatic imine (C=N–C) groups is 1. The predicted molar refractivity (Wildman–Crippen MR) is 131 cm³/mol. The molecule has 1 saturated heterocycles. The Morgan fingerprint density at radius 3 is 2.58 bits per heavy atom. The summed E-state index contributed by atoms with van der Waals surface area (Å²) in [6, 6.07) is 5.37. The lowest BCUT2D eigenvalue weighted by molar-refractivity contribution is -0.127. The number of likely N-dealkylation sites (N-methyl/N-ethyl adjacent to an activating group) is 1. The van der Waals surface area contributed by atoms with Crippen LogP contribution in [0.5, 0.6) is 5.75 Å². The molecular formula is C21H35FIN5O3. The summed E-state index contributed by atoms with van der Waals surface area (Å²) in [7, 11) is 6.54. The van der Waals surface area contributed by atoms with E-state index in [1.54, 1.807) is 27.3 Å². The molecule has 0 aliphatic carbocycles. The quantitative estimate of drug-likeness (QED) is 0.211. The summed E-state index contributed by atoms with van der Waals surface area (Å²) < 4.78 is 24.0. The van der Waals surface area contributed by atoms with Crippen LogP contribution in [0.3, 0.4) is 0 Å². The molecule has 10 heteroatoms. The number of rotatable bonds is 9. The van der Waals surface area contributed by atoms with Gasteiger partial charge in [-0.15, -0.1) is 24.0 Å². The van der Waals surface area contributed by atoms with Crippen molar-refractivity contribution < 1.29 is 18.7 Å². The molecule has 1 aromatic carbocycles. The lowest BCUT2D eigenvalue weighted by Gasteiger charge is -2.33. The molecule has 0 atom stereocenters. The standard InChI is InChI=1S/C21H34FN5O3.HI/c1-26(2)20(28)14-24-21(23-9-12-29-3)25-17-7-10-27(11-8-17)15-16-5-6-19(30-4)18(22)13-16;/h5-6,13,17H,7-12,14-15H2,1-4H3,(H2,23,24,25);1H. The minimum absolute atomic E-state index is 0. The van der Waals surface area contributed by atoms with Crippen molar-refractivity contribution in [2.75, 3.05) is 61.1 Å². The third-order valence-electron chi connectivity index (χ3n) is 5.02. The van der Waals surface area contributed by atoms with E-state index in [0.717, 1.165) is 31.5 Å². The normalized spacial score (nSPS) is 15.2. The van der Waals surface area contributed by atoms with Gasteiger partial charge in [-0.05, 0) is 30.5 Å². The second kappa shape index (κ2) is 14.4. The maximum absolute atomic E-state index is 13.9. The molecule has 0 unspecified atom stereocenters. The van der Waals surface area contributed by atoms with Gasteiger partial charge >= 0.3 is 0 Å². The lowest BCUT2D eigenvalue weighted by Crippen LogP contribution is -2.49. The number of guanidine groups is 1. The maximum atomic E-state index is 13.9. The fourth-order valence-electron chi connectivity index (χ4n) is 3.21. The Kier molecular flexibility index (Phi) is 12.7. The average Bonchev–Trinajstić information content (AvgIpc) is 2.73. The van der Waals surface area contributed by atoms with Crippen LogP contribution in [0.2, 0.25) is 0 Å². The highest BCUT2D eigenvalue weighted by Gasteiger charge is 2.20. The number of halogens is 2. The molecule has 176 valence electrons. The van der Waals surface area contributed by atoms with Crippen molar-refractivity contribution in [2.45, 2.75) is 25.4 Å². The number of ether oxygens (including phenoxy) is 2. The summed E-state index contributed by atoms with van der Waals surface area (Å²) in [5.74, 6) is 0.506. The first-order chi connectivity index (χ1) is 14.4. The Labute approximate surface area is 201 Å². The number of carbonyl (C=O) groups excluding carboxylic acids is 1. The third kappa shape index (κ3) is 9.56. The van der Waals surface area contributed by atoms with Gasteiger partial charge in [0.15, 0.2) is 17.5 Å². The topological polar surface area (TPSA) is 78.4 Å². The van der Waals surface area contributed by atoms with Gasteiger partial charge in [-0.2, -0.15) is 0 Å². The highest BCUT2D eigenvalue weighted by atomic mass is 127. The van der Waals surface area contributed by atoms with Crippen molar-refractivity contribution in [3.8, 4) is 5.75 Å². The van der Waals surface area contributed by atoms with Crippen LogP contribution in [0.15, 0.2) is 23.2 Å². The minimum atomic E-state index is -0.332. The second-order valence-electron chi connectivity index (χ2n) is 7.54. The van der Waals surface area contributed by atoms with Crippen molar-refractivity contribution in [2.24, 2.45) is 4.99 Å². The highest BCUT2D eigenvalue weighted by molar-refractivity contribution is 14.0. The molecule has 8 nitrogen and oxygen atoms in total. The van der Waals surface area contributed by atoms with E-state index >= 15 is 0 Å². The third-order valence-corrected chi connectivity index (χ3v) is 5.02. The molecule has 2 N–H and O–H groups in total. The Hall–Kier alpha value is -1.66. The molecule has 1 heterocycles. The second-order valence-corrected chi connectivity index (χ2v) is 7.54. The number of hydrogen-bond donors (Lipinski definition) is 2. The number of nitrogens with one attached hydrogen (secondary N) is 2. The van der Waals surface area contributed by atoms with Crippen molar-refractivity contribution in [1.29, 1.82) is 0 Å². The summed E-state index contributed by atoms with van der Waals surface area (Å²) in [4.78, 5) is 20.1. The molecule has 2 rings (SSSR count). The number of amides is 1. The zero-order valence-corrected chi connectivity index (χ0v) is 21.1. The van der Waals surface area contributed by atoms with E-state index in [-0.39, 0.29) is 54.0 Å². The largest absolute Gasteiger partial charge is 0.494 e. The van der Waals surface area contributed by atoms with E-state index in [0.29, 0.717) is 25.7 Å². The lowest BCUT2D eigenvalue weighted by atomic mass is 10.0. The summed E-state index contributed by atoms with van der Waals surface area (Å²) in [5.41, 5.74) is 0.936. The van der Waals surface area contributed by atoms with Crippen molar-refractivity contribution in [3.05, 3.63) is 29.6 Å². The first-order valence-corrected chi connectivity index (χ1v) is 10.2. The van der Waals surface area contributed by atoms with Crippen molar-refractivity contribution >= 4 is 35.8 Å². The first kappa shape index (κ1) is 27.4. The van der Waals surface area contributed by atoms with Crippen LogP contribution in [0.25, 0.3) is 0 Å². The molecular weight excluding hydrogens is 516 g/mol. The zero-order chi connectivity index (χ0) is 21.9. The molecule has 1 aliphatic rings. The molecule has 1 amide bonds. The minimum Gasteiger partial charge on any atom is -0.494 e. The van der Waals surface area contributed by atoms with E-state index < -0.39 is 0 Å². The maximum Gasteiger partial charge on any atom is 0.243 e. The van der Waals surface area contributed by atoms with E-state index in [1.165, 1.54) is 18.1 Å². The van der Waals surface area contributed by atoms with Crippen LogP contribution in [0.1, 0.15) is 18.4 Å². The van der Waals surface area contributed by atoms with E-state index in [9.17, 15) is 9.18 Å². The first-order valence-electron chi connectivity index (χ1n) is 10.2. The number of carbonyl (C=O) groups is 1. The molecule has 0 aromatic heterocycles. The number of piperidine rings is 1. The number of nitrogens with zero attached hydrogens (tertiary/aromatic N) is 3. The number of methoxy groups -OCH3 is 2. The summed E-state index contributed by atoms with van der Waals surface area (Å²) in [6.45, 7) is 3.76. The van der Waals surface area contributed by atoms with Gasteiger partial charge in [-0.25, -0.2) is 9.38 Å². The van der Waals surface area contributed by atoms with Crippen LogP contribution in [0, 0.1) is 5.82 Å². The van der Waals surface area contributed by atoms with Gasteiger partial charge in [0.2, 0.25) is 5.91 Å². The zero-order valence-electron chi connectivity index (χ0n) is 18.8. The smallest absolute Gasteiger partial charge is 0.243 e. The summed E-state index contributed by atoms with van der Waals surface area (Å²) in [5, 5.41) is 6.63.